The summed E-state index contributed by atoms with van der Waals surface area (Å²) in [5.41, 5.74) is -1.43. The van der Waals surface area contributed by atoms with E-state index in [1.807, 2.05) is 6.92 Å². The first-order chi connectivity index (χ1) is 16.4. The fraction of sp³-hybridized carbons (Fsp3) is 0.692. The zero-order chi connectivity index (χ0) is 27.5. The van der Waals surface area contributed by atoms with Crippen LogP contribution in [0.5, 0.6) is 0 Å². The molecule has 1 aliphatic heterocycles. The Bertz CT molecular complexity index is 917. The second-order valence-corrected chi connectivity index (χ2v) is 12.1. The highest BCUT2D eigenvalue weighted by molar-refractivity contribution is 6.10. The maximum atomic E-state index is 13.3. The number of anilines is 1. The van der Waals surface area contributed by atoms with Crippen molar-refractivity contribution in [2.75, 3.05) is 18.0 Å². The molecule has 10 nitrogen and oxygen atoms in total. The van der Waals surface area contributed by atoms with E-state index in [4.69, 9.17) is 14.2 Å². The molecule has 2 rings (SSSR count). The molecule has 1 saturated heterocycles. The van der Waals surface area contributed by atoms with E-state index in [0.29, 0.717) is 18.7 Å². The van der Waals surface area contributed by atoms with Crippen LogP contribution in [0.4, 0.5) is 20.1 Å². The molecule has 2 N–H and O–H groups in total. The van der Waals surface area contributed by atoms with Crippen LogP contribution in [0.15, 0.2) is 18.5 Å². The summed E-state index contributed by atoms with van der Waals surface area (Å²) in [6.07, 6.45) is 0.761. The van der Waals surface area contributed by atoms with E-state index >= 15 is 0 Å². The third-order valence-corrected chi connectivity index (χ3v) is 5.16. The summed E-state index contributed by atoms with van der Waals surface area (Å²) in [5.74, 6) is -0.219. The van der Waals surface area contributed by atoms with Crippen molar-refractivity contribution in [3.05, 3.63) is 24.0 Å². The predicted octanol–water partition coefficient (Wildman–Crippen LogP) is 4.97. The SMILES string of the molecule is C[C@@H]1CNC[C@H](NC(=O)OC(C)(C)C)C1c1ccncc1N(C(=O)OC(C)(C)C)C(=O)OC(C)(C)C. The van der Waals surface area contributed by atoms with Crippen molar-refractivity contribution in [2.24, 2.45) is 5.92 Å². The Morgan fingerprint density at radius 2 is 1.44 bits per heavy atom. The first-order valence-electron chi connectivity index (χ1n) is 12.3. The molecule has 1 unspecified atom stereocenters. The standard InChI is InChI=1S/C26H42N4O6/c1-16-13-28-14-18(29-21(31)34-24(2,3)4)20(16)17-11-12-27-15-19(17)30(22(32)35-25(5,6)7)23(33)36-26(8,9)10/h11-12,15-16,18,20,28H,13-14H2,1-10H3,(H,29,31)/t16-,18+,20?/m1/s1. The second-order valence-electron chi connectivity index (χ2n) is 12.1. The van der Waals surface area contributed by atoms with Crippen molar-refractivity contribution in [3.63, 3.8) is 0 Å². The molecule has 0 radical (unpaired) electrons. The lowest BCUT2D eigenvalue weighted by molar-refractivity contribution is 0.0421. The number of carbonyl (C=O) groups excluding carboxylic acids is 3. The Labute approximate surface area is 214 Å². The minimum Gasteiger partial charge on any atom is -0.444 e. The Morgan fingerprint density at radius 1 is 0.917 bits per heavy atom. The third kappa shape index (κ3) is 8.65. The molecule has 0 bridgehead atoms. The highest BCUT2D eigenvalue weighted by atomic mass is 16.6. The smallest absolute Gasteiger partial charge is 0.424 e. The van der Waals surface area contributed by atoms with Gasteiger partial charge in [-0.25, -0.2) is 14.4 Å². The van der Waals surface area contributed by atoms with Gasteiger partial charge in [-0.1, -0.05) is 6.92 Å². The molecule has 1 fully saturated rings. The molecule has 0 aromatic carbocycles. The number of amides is 3. The number of imide groups is 1. The molecule has 36 heavy (non-hydrogen) atoms. The zero-order valence-corrected chi connectivity index (χ0v) is 23.2. The number of carbonyl (C=O) groups is 3. The highest BCUT2D eigenvalue weighted by Crippen LogP contribution is 2.37. The van der Waals surface area contributed by atoms with Crippen LogP contribution in [-0.4, -0.2) is 59.2 Å². The number of rotatable bonds is 3. The average Bonchev–Trinajstić information content (AvgIpc) is 2.64. The number of hydrogen-bond acceptors (Lipinski definition) is 8. The van der Waals surface area contributed by atoms with E-state index in [2.05, 4.69) is 15.6 Å². The van der Waals surface area contributed by atoms with Crippen LogP contribution in [0.1, 0.15) is 80.7 Å². The van der Waals surface area contributed by atoms with E-state index in [1.165, 1.54) is 6.20 Å². The van der Waals surface area contributed by atoms with Crippen LogP contribution in [0.3, 0.4) is 0 Å². The van der Waals surface area contributed by atoms with Gasteiger partial charge >= 0.3 is 18.3 Å². The van der Waals surface area contributed by atoms with Gasteiger partial charge in [0.15, 0.2) is 0 Å². The van der Waals surface area contributed by atoms with Gasteiger partial charge in [-0.15, -0.1) is 0 Å². The molecule has 1 aromatic rings. The number of ether oxygens (including phenoxy) is 3. The zero-order valence-electron chi connectivity index (χ0n) is 23.2. The maximum Gasteiger partial charge on any atom is 0.424 e. The Kier molecular flexibility index (Phi) is 8.99. The normalized spacial score (nSPS) is 20.8. The van der Waals surface area contributed by atoms with Crippen LogP contribution in [0.25, 0.3) is 0 Å². The van der Waals surface area contributed by atoms with Crippen LogP contribution in [0, 0.1) is 5.92 Å². The molecule has 10 heteroatoms. The minimum atomic E-state index is -0.871. The molecule has 3 amide bonds. The summed E-state index contributed by atoms with van der Waals surface area (Å²) in [5, 5.41) is 6.29. The summed E-state index contributed by atoms with van der Waals surface area (Å²) < 4.78 is 16.6. The number of nitrogens with zero attached hydrogens (tertiary/aromatic N) is 2. The maximum absolute atomic E-state index is 13.3. The quantitative estimate of drug-likeness (QED) is 0.551. The fourth-order valence-electron chi connectivity index (χ4n) is 3.99. The van der Waals surface area contributed by atoms with Gasteiger partial charge in [0, 0.05) is 18.7 Å². The molecule has 3 atom stereocenters. The van der Waals surface area contributed by atoms with Crippen molar-refractivity contribution in [3.8, 4) is 0 Å². The Hall–Kier alpha value is -2.88. The molecule has 0 aliphatic carbocycles. The van der Waals surface area contributed by atoms with E-state index in [-0.39, 0.29) is 23.6 Å². The number of hydrogen-bond donors (Lipinski definition) is 2. The lowest BCUT2D eigenvalue weighted by Crippen LogP contribution is -2.54. The summed E-state index contributed by atoms with van der Waals surface area (Å²) in [6, 6.07) is 1.39. The molecular weight excluding hydrogens is 464 g/mol. The molecule has 0 saturated carbocycles. The van der Waals surface area contributed by atoms with Crippen molar-refractivity contribution >= 4 is 24.0 Å². The fourth-order valence-corrected chi connectivity index (χ4v) is 3.99. The topological polar surface area (TPSA) is 119 Å². The van der Waals surface area contributed by atoms with Gasteiger partial charge in [-0.3, -0.25) is 4.98 Å². The summed E-state index contributed by atoms with van der Waals surface area (Å²) in [4.78, 5) is 44.3. The highest BCUT2D eigenvalue weighted by Gasteiger charge is 2.40. The monoisotopic (exact) mass is 506 g/mol. The minimum absolute atomic E-state index is 0.0407. The van der Waals surface area contributed by atoms with E-state index in [0.717, 1.165) is 4.90 Å². The number of alkyl carbamates (subject to hydrolysis) is 1. The number of nitrogens with one attached hydrogen (secondary N) is 2. The third-order valence-electron chi connectivity index (χ3n) is 5.16. The van der Waals surface area contributed by atoms with Crippen LogP contribution < -0.4 is 15.5 Å². The van der Waals surface area contributed by atoms with Crippen molar-refractivity contribution < 1.29 is 28.6 Å². The van der Waals surface area contributed by atoms with Gasteiger partial charge in [0.05, 0.1) is 17.9 Å². The van der Waals surface area contributed by atoms with Gasteiger partial charge < -0.3 is 24.8 Å². The van der Waals surface area contributed by atoms with Crippen LogP contribution in [0.2, 0.25) is 0 Å². The molecular formula is C26H42N4O6. The van der Waals surface area contributed by atoms with Gasteiger partial charge in [0.2, 0.25) is 0 Å². The van der Waals surface area contributed by atoms with Crippen molar-refractivity contribution in [2.45, 2.75) is 98.0 Å². The van der Waals surface area contributed by atoms with Crippen molar-refractivity contribution in [1.29, 1.82) is 0 Å². The first-order valence-corrected chi connectivity index (χ1v) is 12.3. The van der Waals surface area contributed by atoms with Crippen LogP contribution >= 0.6 is 0 Å². The Balaban J connectivity index is 2.54. The molecule has 2 heterocycles. The van der Waals surface area contributed by atoms with Gasteiger partial charge in [-0.05, 0) is 86.4 Å². The average molecular weight is 507 g/mol. The van der Waals surface area contributed by atoms with E-state index < -0.39 is 35.1 Å². The second kappa shape index (κ2) is 11.0. The lowest BCUT2D eigenvalue weighted by atomic mass is 9.78. The van der Waals surface area contributed by atoms with Crippen molar-refractivity contribution in [1.82, 2.24) is 15.6 Å². The summed E-state index contributed by atoms with van der Waals surface area (Å²) in [7, 11) is 0. The number of aromatic nitrogens is 1. The van der Waals surface area contributed by atoms with Gasteiger partial charge in [0.25, 0.3) is 0 Å². The lowest BCUT2D eigenvalue weighted by Gasteiger charge is -2.39. The molecule has 0 spiro atoms. The summed E-state index contributed by atoms with van der Waals surface area (Å²) >= 11 is 0. The van der Waals surface area contributed by atoms with Gasteiger partial charge in [0.1, 0.15) is 16.8 Å². The first kappa shape index (κ1) is 29.4. The molecule has 1 aromatic heterocycles. The number of pyridine rings is 1. The predicted molar refractivity (Wildman–Crippen MR) is 137 cm³/mol. The van der Waals surface area contributed by atoms with Crippen LogP contribution in [-0.2, 0) is 14.2 Å². The number of piperidine rings is 1. The van der Waals surface area contributed by atoms with Gasteiger partial charge in [-0.2, -0.15) is 4.90 Å². The summed E-state index contributed by atoms with van der Waals surface area (Å²) in [6.45, 7) is 18.9. The largest absolute Gasteiger partial charge is 0.444 e. The molecule has 202 valence electrons. The van der Waals surface area contributed by atoms with E-state index in [9.17, 15) is 14.4 Å². The van der Waals surface area contributed by atoms with E-state index in [1.54, 1.807) is 74.6 Å². The molecule has 1 aliphatic rings. The Morgan fingerprint density at radius 3 is 1.94 bits per heavy atom.